The monoisotopic (exact) mass is 380 g/mol. The highest BCUT2D eigenvalue weighted by molar-refractivity contribution is 6.15. The molecule has 6 nitrogen and oxygen atoms in total. The minimum absolute atomic E-state index is 0.0291. The summed E-state index contributed by atoms with van der Waals surface area (Å²) in [6.07, 6.45) is 2.40. The van der Waals surface area contributed by atoms with Gasteiger partial charge in [-0.15, -0.1) is 0 Å². The summed E-state index contributed by atoms with van der Waals surface area (Å²) in [4.78, 5) is 25.2. The maximum absolute atomic E-state index is 13.4. The minimum atomic E-state index is -0.414. The summed E-state index contributed by atoms with van der Waals surface area (Å²) in [5.74, 6) is -0.416. The number of Topliss-reactive ketones (excluding diaryl/α,β-unsaturated/α-hetero) is 1. The molecule has 1 aliphatic carbocycles. The van der Waals surface area contributed by atoms with Crippen LogP contribution in [0.4, 0.5) is 0 Å². The standard InChI is InChI=1S/C22H20O6/c1-11(23)12-6-7-14-15(8-12)20(24)16-10-28-9-13-4-3-5-17(27-2)18(13)22(26)19(16)21(14)25/h3-5,8,24-25H,6-7,9-10H2,1-2H3. The third kappa shape index (κ3) is 2.68. The molecule has 0 radical (unpaired) electrons. The fraction of sp³-hybridized carbons (Fsp3) is 0.273. The molecule has 0 atom stereocenters. The van der Waals surface area contributed by atoms with Crippen LogP contribution in [0, 0.1) is 0 Å². The SMILES string of the molecule is COc1cccc2c1C(=O)c1c(O)c3c(c(O)c1COC2)C=C(C(C)=O)CC3. The number of rotatable bonds is 2. The number of ketones is 2. The van der Waals surface area contributed by atoms with Crippen molar-refractivity contribution in [2.24, 2.45) is 0 Å². The Kier molecular flexibility index (Phi) is 4.43. The second kappa shape index (κ2) is 6.80. The van der Waals surface area contributed by atoms with Gasteiger partial charge in [0.25, 0.3) is 0 Å². The van der Waals surface area contributed by atoms with Crippen molar-refractivity contribution in [3.05, 3.63) is 57.2 Å². The maximum Gasteiger partial charge on any atom is 0.201 e. The summed E-state index contributed by atoms with van der Waals surface area (Å²) in [5, 5.41) is 21.8. The Morgan fingerprint density at radius 2 is 1.86 bits per heavy atom. The van der Waals surface area contributed by atoms with Crippen LogP contribution in [0.2, 0.25) is 0 Å². The Labute approximate surface area is 162 Å². The molecular weight excluding hydrogens is 360 g/mol. The van der Waals surface area contributed by atoms with Crippen molar-refractivity contribution < 1.29 is 29.3 Å². The average Bonchev–Trinajstić information content (AvgIpc) is 2.69. The van der Waals surface area contributed by atoms with E-state index in [2.05, 4.69) is 0 Å². The molecule has 6 heteroatoms. The van der Waals surface area contributed by atoms with E-state index in [0.717, 1.165) is 0 Å². The molecule has 2 N–H and O–H groups in total. The van der Waals surface area contributed by atoms with Crippen LogP contribution < -0.4 is 4.74 Å². The first-order chi connectivity index (χ1) is 13.4. The lowest BCUT2D eigenvalue weighted by Crippen LogP contribution is -2.17. The second-order valence-electron chi connectivity index (χ2n) is 6.99. The van der Waals surface area contributed by atoms with Crippen molar-refractivity contribution in [1.29, 1.82) is 0 Å². The number of carbonyl (C=O) groups excluding carboxylic acids is 2. The van der Waals surface area contributed by atoms with Crippen molar-refractivity contribution in [3.8, 4) is 17.2 Å². The van der Waals surface area contributed by atoms with Crippen LogP contribution in [0.3, 0.4) is 0 Å². The molecule has 0 amide bonds. The van der Waals surface area contributed by atoms with Crippen LogP contribution in [0.5, 0.6) is 17.2 Å². The van der Waals surface area contributed by atoms with Crippen LogP contribution in [-0.4, -0.2) is 28.9 Å². The highest BCUT2D eigenvalue weighted by atomic mass is 16.5. The van der Waals surface area contributed by atoms with Gasteiger partial charge in [0.15, 0.2) is 5.78 Å². The van der Waals surface area contributed by atoms with Gasteiger partial charge in [-0.05, 0) is 43.0 Å². The number of aromatic hydroxyl groups is 2. The molecule has 0 spiro atoms. The van der Waals surface area contributed by atoms with E-state index in [1.54, 1.807) is 24.3 Å². The first-order valence-electron chi connectivity index (χ1n) is 9.03. The smallest absolute Gasteiger partial charge is 0.201 e. The van der Waals surface area contributed by atoms with Crippen LogP contribution in [0.25, 0.3) is 6.08 Å². The van der Waals surface area contributed by atoms with Crippen molar-refractivity contribution in [2.75, 3.05) is 7.11 Å². The zero-order chi connectivity index (χ0) is 20.0. The van der Waals surface area contributed by atoms with Gasteiger partial charge in [-0.3, -0.25) is 9.59 Å². The number of methoxy groups -OCH3 is 1. The number of benzene rings is 2. The van der Waals surface area contributed by atoms with Gasteiger partial charge in [-0.2, -0.15) is 0 Å². The molecule has 0 saturated heterocycles. The zero-order valence-corrected chi connectivity index (χ0v) is 15.7. The number of hydrogen-bond acceptors (Lipinski definition) is 6. The van der Waals surface area contributed by atoms with E-state index in [0.29, 0.717) is 46.4 Å². The van der Waals surface area contributed by atoms with Gasteiger partial charge < -0.3 is 19.7 Å². The lowest BCUT2D eigenvalue weighted by molar-refractivity contribution is -0.113. The largest absolute Gasteiger partial charge is 0.507 e. The molecule has 2 aromatic rings. The summed E-state index contributed by atoms with van der Waals surface area (Å²) >= 11 is 0. The van der Waals surface area contributed by atoms with Crippen molar-refractivity contribution in [2.45, 2.75) is 33.0 Å². The highest BCUT2D eigenvalue weighted by Crippen LogP contribution is 2.45. The first kappa shape index (κ1) is 18.3. The van der Waals surface area contributed by atoms with Crippen molar-refractivity contribution >= 4 is 17.6 Å². The van der Waals surface area contributed by atoms with Gasteiger partial charge in [-0.25, -0.2) is 0 Å². The fourth-order valence-electron chi connectivity index (χ4n) is 3.94. The Morgan fingerprint density at radius 1 is 1.07 bits per heavy atom. The molecule has 0 saturated carbocycles. The zero-order valence-electron chi connectivity index (χ0n) is 15.7. The van der Waals surface area contributed by atoms with Gasteiger partial charge in [0.05, 0.1) is 31.5 Å². The highest BCUT2D eigenvalue weighted by Gasteiger charge is 2.33. The van der Waals surface area contributed by atoms with E-state index in [4.69, 9.17) is 9.47 Å². The predicted molar refractivity (Wildman–Crippen MR) is 102 cm³/mol. The van der Waals surface area contributed by atoms with Crippen LogP contribution in [-0.2, 0) is 29.2 Å². The van der Waals surface area contributed by atoms with E-state index < -0.39 is 5.78 Å². The number of allylic oxidation sites excluding steroid dienone is 1. The molecule has 0 unspecified atom stereocenters. The predicted octanol–water partition coefficient (Wildman–Crippen LogP) is 3.29. The molecule has 1 aliphatic heterocycles. The number of phenols is 2. The van der Waals surface area contributed by atoms with Gasteiger partial charge in [0.2, 0.25) is 5.78 Å². The van der Waals surface area contributed by atoms with Crippen LogP contribution >= 0.6 is 0 Å². The topological polar surface area (TPSA) is 93.1 Å². The summed E-state index contributed by atoms with van der Waals surface area (Å²) in [7, 11) is 1.47. The van der Waals surface area contributed by atoms with Crippen molar-refractivity contribution in [3.63, 3.8) is 0 Å². The summed E-state index contributed by atoms with van der Waals surface area (Å²) in [6.45, 7) is 1.61. The number of phenolic OH excluding ortho intramolecular Hbond substituents is 2. The minimum Gasteiger partial charge on any atom is -0.507 e. The Balaban J connectivity index is 1.99. The molecule has 4 rings (SSSR count). The molecule has 28 heavy (non-hydrogen) atoms. The Morgan fingerprint density at radius 3 is 2.57 bits per heavy atom. The first-order valence-corrected chi connectivity index (χ1v) is 9.03. The molecule has 2 aromatic carbocycles. The Bertz CT molecular complexity index is 1050. The third-order valence-corrected chi connectivity index (χ3v) is 5.40. The maximum atomic E-state index is 13.4. The third-order valence-electron chi connectivity index (χ3n) is 5.40. The summed E-state index contributed by atoms with van der Waals surface area (Å²) in [5.41, 5.74) is 2.64. The quantitative estimate of drug-likeness (QED) is 0.777. The number of fused-ring (bicyclic) bond motifs is 3. The average molecular weight is 380 g/mol. The normalized spacial score (nSPS) is 15.5. The lowest BCUT2D eigenvalue weighted by atomic mass is 9.83. The number of ether oxygens (including phenoxy) is 2. The van der Waals surface area contributed by atoms with Gasteiger partial charge in [0, 0.05) is 16.7 Å². The molecule has 1 heterocycles. The fourth-order valence-corrected chi connectivity index (χ4v) is 3.94. The summed E-state index contributed by atoms with van der Waals surface area (Å²) < 4.78 is 11.1. The van der Waals surface area contributed by atoms with E-state index in [-0.39, 0.29) is 41.6 Å². The molecule has 0 aromatic heterocycles. The van der Waals surface area contributed by atoms with Crippen LogP contribution in [0.1, 0.15) is 51.5 Å². The second-order valence-corrected chi connectivity index (χ2v) is 6.99. The van der Waals surface area contributed by atoms with E-state index in [1.807, 2.05) is 0 Å². The summed E-state index contributed by atoms with van der Waals surface area (Å²) in [6, 6.07) is 5.22. The van der Waals surface area contributed by atoms with E-state index in [9.17, 15) is 19.8 Å². The van der Waals surface area contributed by atoms with E-state index in [1.165, 1.54) is 14.0 Å². The van der Waals surface area contributed by atoms with Gasteiger partial charge >= 0.3 is 0 Å². The number of carbonyl (C=O) groups is 2. The van der Waals surface area contributed by atoms with E-state index >= 15 is 0 Å². The van der Waals surface area contributed by atoms with Crippen molar-refractivity contribution in [1.82, 2.24) is 0 Å². The Hall–Kier alpha value is -3.12. The molecule has 144 valence electrons. The molecular formula is C22H20O6. The van der Waals surface area contributed by atoms with Gasteiger partial charge in [0.1, 0.15) is 17.2 Å². The van der Waals surface area contributed by atoms with Crippen LogP contribution in [0.15, 0.2) is 23.8 Å². The molecule has 2 aliphatic rings. The lowest BCUT2D eigenvalue weighted by Gasteiger charge is -2.25. The molecule has 0 bridgehead atoms. The van der Waals surface area contributed by atoms with Gasteiger partial charge in [-0.1, -0.05) is 12.1 Å². The molecule has 0 fully saturated rings. The number of hydrogen-bond donors (Lipinski definition) is 2.